The minimum Gasteiger partial charge on any atom is -0.324 e. The largest absolute Gasteiger partial charge is 0.324 e. The van der Waals surface area contributed by atoms with E-state index < -0.39 is 0 Å². The van der Waals surface area contributed by atoms with Gasteiger partial charge in [-0.1, -0.05) is 31.5 Å². The highest BCUT2D eigenvalue weighted by Gasteiger charge is 2.06. The third kappa shape index (κ3) is 4.81. The van der Waals surface area contributed by atoms with Crippen molar-refractivity contribution >= 4 is 23.4 Å². The maximum atomic E-state index is 6.27. The molecule has 0 spiro atoms. The van der Waals surface area contributed by atoms with Crippen LogP contribution in [-0.2, 0) is 0 Å². The van der Waals surface area contributed by atoms with Crippen molar-refractivity contribution in [3.05, 3.63) is 28.8 Å². The second kappa shape index (κ2) is 8.05. The summed E-state index contributed by atoms with van der Waals surface area (Å²) < 4.78 is 0. The van der Waals surface area contributed by atoms with Crippen LogP contribution in [0.5, 0.6) is 0 Å². The number of hydrogen-bond acceptors (Lipinski definition) is 3. The van der Waals surface area contributed by atoms with E-state index in [2.05, 4.69) is 30.9 Å². The van der Waals surface area contributed by atoms with E-state index in [0.717, 1.165) is 40.9 Å². The van der Waals surface area contributed by atoms with Crippen LogP contribution in [-0.4, -0.2) is 30.3 Å². The Hall–Kier alpha value is -0.220. The fraction of sp³-hybridized carbons (Fsp3) is 0.571. The van der Waals surface area contributed by atoms with E-state index in [4.69, 9.17) is 17.3 Å². The molecule has 0 aliphatic carbocycles. The molecule has 4 heteroatoms. The molecular formula is C14H23ClN2S. The second-order valence-electron chi connectivity index (χ2n) is 4.35. The van der Waals surface area contributed by atoms with Crippen LogP contribution in [0.15, 0.2) is 23.1 Å². The standard InChI is InChI=1S/C14H23ClN2S/c1-4-17(5-2)8-9-18-14-7-6-12(11(3)16)10-13(14)15/h6-7,10-11H,4-5,8-9,16H2,1-3H3/t11-/m0/s1. The zero-order valence-electron chi connectivity index (χ0n) is 11.4. The lowest BCUT2D eigenvalue weighted by Crippen LogP contribution is -2.25. The number of halogens is 1. The van der Waals surface area contributed by atoms with Crippen molar-refractivity contribution in [3.63, 3.8) is 0 Å². The number of nitrogens with two attached hydrogens (primary N) is 1. The Kier molecular flexibility index (Phi) is 7.08. The number of hydrogen-bond donors (Lipinski definition) is 1. The fourth-order valence-corrected chi connectivity index (χ4v) is 3.03. The number of rotatable bonds is 7. The van der Waals surface area contributed by atoms with Gasteiger partial charge in [0.1, 0.15) is 0 Å². The van der Waals surface area contributed by atoms with E-state index in [1.165, 1.54) is 0 Å². The molecule has 2 N–H and O–H groups in total. The maximum Gasteiger partial charge on any atom is 0.0545 e. The van der Waals surface area contributed by atoms with Crippen LogP contribution in [0.3, 0.4) is 0 Å². The summed E-state index contributed by atoms with van der Waals surface area (Å²) in [6.07, 6.45) is 0. The summed E-state index contributed by atoms with van der Waals surface area (Å²) in [4.78, 5) is 3.56. The molecule has 18 heavy (non-hydrogen) atoms. The lowest BCUT2D eigenvalue weighted by Gasteiger charge is -2.17. The molecule has 0 bridgehead atoms. The average Bonchev–Trinajstić information content (AvgIpc) is 2.36. The predicted octanol–water partition coefficient (Wildman–Crippen LogP) is 3.79. The van der Waals surface area contributed by atoms with Crippen LogP contribution in [0.2, 0.25) is 5.02 Å². The normalized spacial score (nSPS) is 13.0. The molecule has 0 aliphatic heterocycles. The van der Waals surface area contributed by atoms with Crippen molar-refractivity contribution in [1.29, 1.82) is 0 Å². The van der Waals surface area contributed by atoms with Gasteiger partial charge in [0.05, 0.1) is 5.02 Å². The summed E-state index contributed by atoms with van der Waals surface area (Å²) in [5, 5.41) is 0.814. The molecule has 0 amide bonds. The van der Waals surface area contributed by atoms with Crippen LogP contribution >= 0.6 is 23.4 Å². The first-order chi connectivity index (χ1) is 8.58. The number of nitrogens with zero attached hydrogens (tertiary/aromatic N) is 1. The first-order valence-electron chi connectivity index (χ1n) is 6.48. The van der Waals surface area contributed by atoms with Gasteiger partial charge >= 0.3 is 0 Å². The van der Waals surface area contributed by atoms with Gasteiger partial charge in [0.25, 0.3) is 0 Å². The molecule has 0 radical (unpaired) electrons. The summed E-state index contributed by atoms with van der Waals surface area (Å²) in [5.74, 6) is 1.07. The Morgan fingerprint density at radius 2 is 2.00 bits per heavy atom. The van der Waals surface area contributed by atoms with Crippen LogP contribution in [0.25, 0.3) is 0 Å². The van der Waals surface area contributed by atoms with E-state index in [1.54, 1.807) is 0 Å². The zero-order chi connectivity index (χ0) is 13.5. The minimum absolute atomic E-state index is 0.0391. The maximum absolute atomic E-state index is 6.27. The monoisotopic (exact) mass is 286 g/mol. The Balaban J connectivity index is 2.53. The molecule has 1 aromatic carbocycles. The van der Waals surface area contributed by atoms with Gasteiger partial charge in [-0.2, -0.15) is 0 Å². The van der Waals surface area contributed by atoms with Crippen molar-refractivity contribution in [2.24, 2.45) is 5.73 Å². The number of benzene rings is 1. The highest BCUT2D eigenvalue weighted by atomic mass is 35.5. The van der Waals surface area contributed by atoms with E-state index >= 15 is 0 Å². The molecule has 1 atom stereocenters. The molecule has 0 fully saturated rings. The van der Waals surface area contributed by atoms with E-state index in [-0.39, 0.29) is 6.04 Å². The van der Waals surface area contributed by atoms with Gasteiger partial charge in [0, 0.05) is 23.2 Å². The van der Waals surface area contributed by atoms with Gasteiger partial charge in [0.2, 0.25) is 0 Å². The van der Waals surface area contributed by atoms with Crippen LogP contribution in [0, 0.1) is 0 Å². The molecule has 1 rings (SSSR count). The number of thioether (sulfide) groups is 1. The Morgan fingerprint density at radius 3 is 2.50 bits per heavy atom. The summed E-state index contributed by atoms with van der Waals surface area (Å²) >= 11 is 8.08. The Morgan fingerprint density at radius 1 is 1.33 bits per heavy atom. The third-order valence-corrected chi connectivity index (χ3v) is 4.52. The summed E-state index contributed by atoms with van der Waals surface area (Å²) in [6, 6.07) is 6.16. The molecule has 0 saturated heterocycles. The van der Waals surface area contributed by atoms with Crippen molar-refractivity contribution < 1.29 is 0 Å². The van der Waals surface area contributed by atoms with E-state index in [9.17, 15) is 0 Å². The fourth-order valence-electron chi connectivity index (χ4n) is 1.74. The van der Waals surface area contributed by atoms with Crippen molar-refractivity contribution in [1.82, 2.24) is 4.90 Å². The molecular weight excluding hydrogens is 264 g/mol. The average molecular weight is 287 g/mol. The predicted molar refractivity (Wildman–Crippen MR) is 82.6 cm³/mol. The molecule has 0 heterocycles. The quantitative estimate of drug-likeness (QED) is 0.773. The third-order valence-electron chi connectivity index (χ3n) is 3.04. The highest BCUT2D eigenvalue weighted by molar-refractivity contribution is 7.99. The first kappa shape index (κ1) is 15.8. The van der Waals surface area contributed by atoms with Crippen LogP contribution in [0.4, 0.5) is 0 Å². The van der Waals surface area contributed by atoms with Gasteiger partial charge in [0.15, 0.2) is 0 Å². The summed E-state index contributed by atoms with van der Waals surface area (Å²) in [5.41, 5.74) is 6.93. The second-order valence-corrected chi connectivity index (χ2v) is 5.90. The van der Waals surface area contributed by atoms with Crippen LogP contribution in [0.1, 0.15) is 32.4 Å². The minimum atomic E-state index is 0.0391. The Labute approximate surface area is 120 Å². The molecule has 0 aromatic heterocycles. The molecule has 102 valence electrons. The zero-order valence-corrected chi connectivity index (χ0v) is 13.0. The lowest BCUT2D eigenvalue weighted by molar-refractivity contribution is 0.324. The Bertz CT molecular complexity index is 365. The molecule has 0 saturated carbocycles. The van der Waals surface area contributed by atoms with E-state index in [0.29, 0.717) is 0 Å². The van der Waals surface area contributed by atoms with Gasteiger partial charge in [-0.25, -0.2) is 0 Å². The van der Waals surface area contributed by atoms with Crippen molar-refractivity contribution in [3.8, 4) is 0 Å². The first-order valence-corrected chi connectivity index (χ1v) is 7.85. The summed E-state index contributed by atoms with van der Waals surface area (Å²) in [6.45, 7) is 9.67. The smallest absolute Gasteiger partial charge is 0.0545 e. The van der Waals surface area contributed by atoms with Crippen LogP contribution < -0.4 is 5.73 Å². The van der Waals surface area contributed by atoms with Gasteiger partial charge < -0.3 is 10.6 Å². The van der Waals surface area contributed by atoms with Crippen molar-refractivity contribution in [2.75, 3.05) is 25.4 Å². The SMILES string of the molecule is CCN(CC)CCSc1ccc([C@H](C)N)cc1Cl. The molecule has 0 unspecified atom stereocenters. The lowest BCUT2D eigenvalue weighted by atomic mass is 10.1. The highest BCUT2D eigenvalue weighted by Crippen LogP contribution is 2.29. The van der Waals surface area contributed by atoms with Gasteiger partial charge in [-0.3, -0.25) is 0 Å². The molecule has 2 nitrogen and oxygen atoms in total. The van der Waals surface area contributed by atoms with Gasteiger partial charge in [-0.05, 0) is 37.7 Å². The topological polar surface area (TPSA) is 29.3 Å². The molecule has 1 aromatic rings. The van der Waals surface area contributed by atoms with Gasteiger partial charge in [-0.15, -0.1) is 11.8 Å². The summed E-state index contributed by atoms with van der Waals surface area (Å²) in [7, 11) is 0. The van der Waals surface area contributed by atoms with E-state index in [1.807, 2.05) is 24.8 Å². The molecule has 0 aliphatic rings. The van der Waals surface area contributed by atoms with Crippen molar-refractivity contribution in [2.45, 2.75) is 31.7 Å².